The summed E-state index contributed by atoms with van der Waals surface area (Å²) >= 11 is 0. The average molecular weight is 289 g/mol. The van der Waals surface area contributed by atoms with Crippen molar-refractivity contribution in [1.82, 2.24) is 0 Å². The van der Waals surface area contributed by atoms with Gasteiger partial charge < -0.3 is 10.8 Å². The van der Waals surface area contributed by atoms with Crippen LogP contribution in [0.25, 0.3) is 0 Å². The summed E-state index contributed by atoms with van der Waals surface area (Å²) in [5.74, 6) is -1.77. The zero-order valence-corrected chi connectivity index (χ0v) is 10.7. The largest absolute Gasteiger partial charge is 0.480 e. The summed E-state index contributed by atoms with van der Waals surface area (Å²) in [7, 11) is 0. The first-order valence-electron chi connectivity index (χ1n) is 5.72. The van der Waals surface area contributed by atoms with Gasteiger partial charge in [0.25, 0.3) is 0 Å². The first kappa shape index (κ1) is 16.2. The van der Waals surface area contributed by atoms with Gasteiger partial charge in [-0.15, -0.1) is 0 Å². The number of alkyl halides is 3. The van der Waals surface area contributed by atoms with Crippen molar-refractivity contribution < 1.29 is 27.9 Å². The minimum atomic E-state index is -4.45. The molecule has 0 aliphatic rings. The molecule has 1 unspecified atom stereocenters. The van der Waals surface area contributed by atoms with E-state index in [0.29, 0.717) is 5.56 Å². The number of hydrogen-bond donors (Lipinski definition) is 2. The van der Waals surface area contributed by atoms with Crippen LogP contribution in [-0.2, 0) is 22.2 Å². The molecule has 0 aromatic heterocycles. The SMILES string of the molecule is CC(=O)CC(N)(Cc1ccc(C(F)(F)F)cc1)C(=O)O. The summed E-state index contributed by atoms with van der Waals surface area (Å²) in [6, 6.07) is 4.03. The third-order valence-corrected chi connectivity index (χ3v) is 2.79. The Labute approximate surface area is 113 Å². The van der Waals surface area contributed by atoms with E-state index in [1.165, 1.54) is 6.92 Å². The van der Waals surface area contributed by atoms with Crippen LogP contribution in [0.5, 0.6) is 0 Å². The molecule has 0 saturated carbocycles. The molecule has 0 spiro atoms. The Kier molecular flexibility index (Phi) is 4.54. The number of carboxylic acid groups (broad SMARTS) is 1. The third kappa shape index (κ3) is 4.06. The molecule has 1 aromatic carbocycles. The standard InChI is InChI=1S/C13H14F3NO3/c1-8(18)6-12(17,11(19)20)7-9-2-4-10(5-3-9)13(14,15)16/h2-5H,6-7,17H2,1H3,(H,19,20). The normalized spacial score (nSPS) is 14.7. The zero-order valence-electron chi connectivity index (χ0n) is 10.7. The highest BCUT2D eigenvalue weighted by Gasteiger charge is 2.36. The molecule has 0 aliphatic heterocycles. The van der Waals surface area contributed by atoms with Crippen LogP contribution < -0.4 is 5.73 Å². The number of aliphatic carboxylic acids is 1. The Balaban J connectivity index is 2.96. The smallest absolute Gasteiger partial charge is 0.416 e. The van der Waals surface area contributed by atoms with Gasteiger partial charge in [-0.3, -0.25) is 9.59 Å². The predicted octanol–water partition coefficient (Wildman–Crippen LogP) is 2.01. The number of hydrogen-bond acceptors (Lipinski definition) is 3. The first-order chi connectivity index (χ1) is 9.04. The molecule has 3 N–H and O–H groups in total. The van der Waals surface area contributed by atoms with Crippen molar-refractivity contribution >= 4 is 11.8 Å². The molecule has 0 fully saturated rings. The summed E-state index contributed by atoms with van der Waals surface area (Å²) in [6.07, 6.45) is -5.06. The molecular formula is C13H14F3NO3. The second-order valence-corrected chi connectivity index (χ2v) is 4.71. The lowest BCUT2D eigenvalue weighted by Gasteiger charge is -2.23. The highest BCUT2D eigenvalue weighted by atomic mass is 19.4. The molecule has 0 amide bonds. The number of carbonyl (C=O) groups excluding carboxylic acids is 1. The van der Waals surface area contributed by atoms with Gasteiger partial charge in [-0.05, 0) is 24.6 Å². The quantitative estimate of drug-likeness (QED) is 0.869. The molecular weight excluding hydrogens is 275 g/mol. The number of benzene rings is 1. The zero-order chi connectivity index (χ0) is 15.6. The number of ketones is 1. The lowest BCUT2D eigenvalue weighted by molar-refractivity contribution is -0.145. The van der Waals surface area contributed by atoms with E-state index in [2.05, 4.69) is 0 Å². The molecule has 0 aliphatic carbocycles. The number of halogens is 3. The molecule has 4 nitrogen and oxygen atoms in total. The van der Waals surface area contributed by atoms with E-state index >= 15 is 0 Å². The summed E-state index contributed by atoms with van der Waals surface area (Å²) in [5.41, 5.74) is 3.34. The number of carboxylic acids is 1. The maximum atomic E-state index is 12.4. The van der Waals surface area contributed by atoms with E-state index < -0.39 is 29.0 Å². The fraction of sp³-hybridized carbons (Fsp3) is 0.385. The Morgan fingerprint density at radius 3 is 2.05 bits per heavy atom. The number of rotatable bonds is 5. The van der Waals surface area contributed by atoms with Gasteiger partial charge in [0.1, 0.15) is 11.3 Å². The van der Waals surface area contributed by atoms with Crippen molar-refractivity contribution in [2.45, 2.75) is 31.5 Å². The summed E-state index contributed by atoms with van der Waals surface area (Å²) < 4.78 is 37.2. The maximum absolute atomic E-state index is 12.4. The minimum Gasteiger partial charge on any atom is -0.480 e. The van der Waals surface area contributed by atoms with Crippen LogP contribution in [0, 0.1) is 0 Å². The Morgan fingerprint density at radius 2 is 1.70 bits per heavy atom. The monoisotopic (exact) mass is 289 g/mol. The lowest BCUT2D eigenvalue weighted by Crippen LogP contribution is -2.51. The van der Waals surface area contributed by atoms with Crippen LogP contribution in [0.4, 0.5) is 13.2 Å². The molecule has 1 rings (SSSR count). The van der Waals surface area contributed by atoms with Crippen molar-refractivity contribution in [3.8, 4) is 0 Å². The van der Waals surface area contributed by atoms with Gasteiger partial charge in [0.2, 0.25) is 0 Å². The van der Waals surface area contributed by atoms with Gasteiger partial charge in [0.15, 0.2) is 0 Å². The predicted molar refractivity (Wildman–Crippen MR) is 65.0 cm³/mol. The Morgan fingerprint density at radius 1 is 1.20 bits per heavy atom. The minimum absolute atomic E-state index is 0.222. The van der Waals surface area contributed by atoms with Gasteiger partial charge in [0, 0.05) is 12.8 Å². The fourth-order valence-corrected chi connectivity index (χ4v) is 1.83. The average Bonchev–Trinajstić information content (AvgIpc) is 2.26. The van der Waals surface area contributed by atoms with Crippen molar-refractivity contribution in [2.24, 2.45) is 5.73 Å². The number of carbonyl (C=O) groups is 2. The van der Waals surface area contributed by atoms with Crippen LogP contribution >= 0.6 is 0 Å². The number of Topliss-reactive ketones (excluding diaryl/α,β-unsaturated/α-hetero) is 1. The van der Waals surface area contributed by atoms with Crippen LogP contribution in [0.3, 0.4) is 0 Å². The molecule has 1 atom stereocenters. The Hall–Kier alpha value is -1.89. The van der Waals surface area contributed by atoms with Crippen molar-refractivity contribution in [2.75, 3.05) is 0 Å². The van der Waals surface area contributed by atoms with E-state index in [4.69, 9.17) is 10.8 Å². The molecule has 0 heterocycles. The van der Waals surface area contributed by atoms with E-state index in [1.807, 2.05) is 0 Å². The van der Waals surface area contributed by atoms with Crippen molar-refractivity contribution in [1.29, 1.82) is 0 Å². The first-order valence-corrected chi connectivity index (χ1v) is 5.72. The van der Waals surface area contributed by atoms with E-state index in [1.54, 1.807) is 0 Å². The maximum Gasteiger partial charge on any atom is 0.416 e. The van der Waals surface area contributed by atoms with Gasteiger partial charge in [0.05, 0.1) is 5.56 Å². The van der Waals surface area contributed by atoms with Crippen LogP contribution in [0.2, 0.25) is 0 Å². The van der Waals surface area contributed by atoms with Gasteiger partial charge in [-0.2, -0.15) is 13.2 Å². The molecule has 20 heavy (non-hydrogen) atoms. The molecule has 0 bridgehead atoms. The highest BCUT2D eigenvalue weighted by Crippen LogP contribution is 2.29. The second kappa shape index (κ2) is 5.62. The lowest BCUT2D eigenvalue weighted by atomic mass is 9.87. The summed E-state index contributed by atoms with van der Waals surface area (Å²) in [5, 5.41) is 9.07. The van der Waals surface area contributed by atoms with Crippen LogP contribution in [-0.4, -0.2) is 22.4 Å². The van der Waals surface area contributed by atoms with Gasteiger partial charge in [-0.1, -0.05) is 12.1 Å². The number of nitrogens with two attached hydrogens (primary N) is 1. The fourth-order valence-electron chi connectivity index (χ4n) is 1.83. The highest BCUT2D eigenvalue weighted by molar-refractivity contribution is 5.87. The molecule has 0 saturated heterocycles. The molecule has 1 aromatic rings. The van der Waals surface area contributed by atoms with Crippen LogP contribution in [0.15, 0.2) is 24.3 Å². The summed E-state index contributed by atoms with van der Waals surface area (Å²) in [4.78, 5) is 22.2. The third-order valence-electron chi connectivity index (χ3n) is 2.79. The molecule has 110 valence electrons. The summed E-state index contributed by atoms with van der Waals surface area (Å²) in [6.45, 7) is 1.21. The van der Waals surface area contributed by atoms with Gasteiger partial charge >= 0.3 is 12.1 Å². The van der Waals surface area contributed by atoms with Gasteiger partial charge in [-0.25, -0.2) is 0 Å². The van der Waals surface area contributed by atoms with Crippen molar-refractivity contribution in [3.05, 3.63) is 35.4 Å². The Bertz CT molecular complexity index is 511. The molecule has 0 radical (unpaired) electrons. The van der Waals surface area contributed by atoms with Crippen LogP contribution in [0.1, 0.15) is 24.5 Å². The van der Waals surface area contributed by atoms with E-state index in [0.717, 1.165) is 24.3 Å². The van der Waals surface area contributed by atoms with E-state index in [9.17, 15) is 22.8 Å². The molecule has 7 heteroatoms. The van der Waals surface area contributed by atoms with E-state index in [-0.39, 0.29) is 12.8 Å². The second-order valence-electron chi connectivity index (χ2n) is 4.71. The topological polar surface area (TPSA) is 80.4 Å². The van der Waals surface area contributed by atoms with Crippen molar-refractivity contribution in [3.63, 3.8) is 0 Å².